The van der Waals surface area contributed by atoms with Gasteiger partial charge in [0.25, 0.3) is 11.5 Å². The number of rotatable bonds is 2. The number of hydrogen-bond acceptors (Lipinski definition) is 4. The molecule has 114 valence electrons. The molecule has 0 radical (unpaired) electrons. The number of nitrogens with one attached hydrogen (secondary N) is 2. The van der Waals surface area contributed by atoms with E-state index in [1.165, 1.54) is 6.07 Å². The Kier molecular flexibility index (Phi) is 2.88. The Hall–Kier alpha value is -2.44. The first-order valence-corrected chi connectivity index (χ1v) is 7.54. The zero-order valence-electron chi connectivity index (χ0n) is 12.3. The topological polar surface area (TPSA) is 94.7 Å². The van der Waals surface area contributed by atoms with E-state index in [0.29, 0.717) is 24.8 Å². The van der Waals surface area contributed by atoms with Crippen molar-refractivity contribution in [2.24, 2.45) is 0 Å². The van der Waals surface area contributed by atoms with Crippen LogP contribution >= 0.6 is 0 Å². The maximum atomic E-state index is 12.7. The minimum absolute atomic E-state index is 0.188. The number of fused-ring (bicyclic) bond motifs is 1. The highest BCUT2D eigenvalue weighted by atomic mass is 16.2. The van der Waals surface area contributed by atoms with Gasteiger partial charge in [-0.25, -0.2) is 4.98 Å². The molecule has 1 unspecified atom stereocenters. The van der Waals surface area contributed by atoms with Crippen LogP contribution in [0.15, 0.2) is 17.1 Å². The second-order valence-corrected chi connectivity index (χ2v) is 6.19. The number of hydrogen-bond donors (Lipinski definition) is 2. The van der Waals surface area contributed by atoms with Gasteiger partial charge in [0.05, 0.1) is 6.20 Å². The van der Waals surface area contributed by atoms with Gasteiger partial charge in [-0.3, -0.25) is 14.7 Å². The zero-order valence-corrected chi connectivity index (χ0v) is 12.3. The van der Waals surface area contributed by atoms with Crippen LogP contribution < -0.4 is 5.56 Å². The largest absolute Gasteiger partial charge is 0.332 e. The Bertz CT molecular complexity index is 789. The number of carbonyl (C=O) groups excluding carboxylic acids is 1. The summed E-state index contributed by atoms with van der Waals surface area (Å²) in [6.07, 6.45) is 3.81. The minimum atomic E-state index is -0.255. The van der Waals surface area contributed by atoms with Crippen LogP contribution in [0.1, 0.15) is 59.2 Å². The predicted octanol–water partition coefficient (Wildman–Crippen LogP) is 1.13. The van der Waals surface area contributed by atoms with E-state index in [2.05, 4.69) is 27.1 Å². The zero-order chi connectivity index (χ0) is 15.3. The van der Waals surface area contributed by atoms with Crippen molar-refractivity contribution in [3.8, 4) is 0 Å². The van der Waals surface area contributed by atoms with Gasteiger partial charge in [-0.05, 0) is 12.8 Å². The van der Waals surface area contributed by atoms with Crippen molar-refractivity contribution >= 4 is 5.91 Å². The molecule has 1 atom stereocenters. The number of aromatic amines is 2. The van der Waals surface area contributed by atoms with Gasteiger partial charge in [0, 0.05) is 42.2 Å². The summed E-state index contributed by atoms with van der Waals surface area (Å²) in [6, 6.07) is 1.30. The molecular formula is C15H17N5O2. The first-order valence-electron chi connectivity index (χ1n) is 7.54. The van der Waals surface area contributed by atoms with E-state index in [4.69, 9.17) is 0 Å². The third kappa shape index (κ3) is 2.22. The highest BCUT2D eigenvalue weighted by Gasteiger charge is 2.30. The molecule has 0 saturated heterocycles. The molecule has 2 aromatic heterocycles. The maximum absolute atomic E-state index is 12.7. The monoisotopic (exact) mass is 299 g/mol. The van der Waals surface area contributed by atoms with Crippen LogP contribution in [0.25, 0.3) is 0 Å². The molecule has 2 aromatic rings. The number of amides is 1. The molecule has 2 N–H and O–H groups in total. The van der Waals surface area contributed by atoms with E-state index in [1.807, 2.05) is 0 Å². The lowest BCUT2D eigenvalue weighted by Crippen LogP contribution is -2.38. The molecule has 1 amide bonds. The summed E-state index contributed by atoms with van der Waals surface area (Å²) in [5, 5.41) is 7.04. The molecule has 2 aliphatic rings. The van der Waals surface area contributed by atoms with E-state index >= 15 is 0 Å². The van der Waals surface area contributed by atoms with Crippen LogP contribution in [-0.4, -0.2) is 37.5 Å². The van der Waals surface area contributed by atoms with Crippen LogP contribution in [0.4, 0.5) is 0 Å². The van der Waals surface area contributed by atoms with E-state index in [1.54, 1.807) is 11.1 Å². The normalized spacial score (nSPS) is 20.8. The van der Waals surface area contributed by atoms with Crippen LogP contribution in [0.5, 0.6) is 0 Å². The third-order valence-corrected chi connectivity index (χ3v) is 4.33. The number of H-pyrrole nitrogens is 2. The van der Waals surface area contributed by atoms with Crippen molar-refractivity contribution in [3.63, 3.8) is 0 Å². The lowest BCUT2D eigenvalue weighted by Gasteiger charge is -2.30. The van der Waals surface area contributed by atoms with Crippen molar-refractivity contribution in [3.05, 3.63) is 45.4 Å². The van der Waals surface area contributed by atoms with Crippen molar-refractivity contribution in [2.45, 2.75) is 38.1 Å². The quantitative estimate of drug-likeness (QED) is 0.869. The van der Waals surface area contributed by atoms with E-state index in [9.17, 15) is 9.59 Å². The first kappa shape index (κ1) is 13.2. The van der Waals surface area contributed by atoms with Crippen molar-refractivity contribution in [1.82, 2.24) is 25.1 Å². The lowest BCUT2D eigenvalue weighted by atomic mass is 9.98. The molecule has 1 aliphatic heterocycles. The van der Waals surface area contributed by atoms with Gasteiger partial charge in [0.15, 0.2) is 0 Å². The molecule has 22 heavy (non-hydrogen) atoms. The summed E-state index contributed by atoms with van der Waals surface area (Å²) in [5.41, 5.74) is 2.10. The van der Waals surface area contributed by atoms with Crippen molar-refractivity contribution in [1.29, 1.82) is 0 Å². The Labute approximate surface area is 126 Å². The van der Waals surface area contributed by atoms with Gasteiger partial charge in [0.1, 0.15) is 11.5 Å². The molecule has 3 heterocycles. The van der Waals surface area contributed by atoms with Crippen LogP contribution in [0.3, 0.4) is 0 Å². The van der Waals surface area contributed by atoms with Crippen molar-refractivity contribution in [2.75, 3.05) is 6.54 Å². The number of nitrogens with zero attached hydrogens (tertiary/aromatic N) is 3. The van der Waals surface area contributed by atoms with Gasteiger partial charge < -0.3 is 9.88 Å². The SMILES string of the molecule is CC1CN(C(=O)c2cc(=O)[nH]c(C3CC3)n2)Cc2cn[nH]c21. The Morgan fingerprint density at radius 2 is 2.23 bits per heavy atom. The summed E-state index contributed by atoms with van der Waals surface area (Å²) in [5.74, 6) is 0.956. The second kappa shape index (κ2) is 4.79. The molecule has 7 heteroatoms. The summed E-state index contributed by atoms with van der Waals surface area (Å²) < 4.78 is 0. The molecule has 0 aromatic carbocycles. The molecular weight excluding hydrogens is 282 g/mol. The van der Waals surface area contributed by atoms with Gasteiger partial charge in [0.2, 0.25) is 0 Å². The fraction of sp³-hybridized carbons (Fsp3) is 0.467. The van der Waals surface area contributed by atoms with Crippen LogP contribution in [0, 0.1) is 0 Å². The molecule has 7 nitrogen and oxygen atoms in total. The Morgan fingerprint density at radius 3 is 3.00 bits per heavy atom. The number of aromatic nitrogens is 4. The smallest absolute Gasteiger partial charge is 0.273 e. The average molecular weight is 299 g/mol. The molecule has 1 fully saturated rings. The minimum Gasteiger partial charge on any atom is -0.332 e. The first-order chi connectivity index (χ1) is 10.6. The predicted molar refractivity (Wildman–Crippen MR) is 78.6 cm³/mol. The highest BCUT2D eigenvalue weighted by molar-refractivity contribution is 5.92. The van der Waals surface area contributed by atoms with Gasteiger partial charge in [-0.1, -0.05) is 6.92 Å². The summed E-state index contributed by atoms with van der Waals surface area (Å²) in [7, 11) is 0. The molecule has 0 spiro atoms. The van der Waals surface area contributed by atoms with E-state index < -0.39 is 0 Å². The standard InChI is InChI=1S/C15H17N5O2/c1-8-6-20(7-10-5-16-19-13(8)10)15(22)11-4-12(21)18-14(17-11)9-2-3-9/h4-5,8-9H,2-3,6-7H2,1H3,(H,16,19)(H,17,18,21). The highest BCUT2D eigenvalue weighted by Crippen LogP contribution is 2.37. The van der Waals surface area contributed by atoms with Gasteiger partial charge in [-0.15, -0.1) is 0 Å². The Balaban J connectivity index is 1.64. The maximum Gasteiger partial charge on any atom is 0.273 e. The summed E-state index contributed by atoms with van der Waals surface area (Å²) in [4.78, 5) is 33.3. The Morgan fingerprint density at radius 1 is 1.41 bits per heavy atom. The van der Waals surface area contributed by atoms with Crippen molar-refractivity contribution < 1.29 is 4.79 Å². The molecule has 1 aliphatic carbocycles. The third-order valence-electron chi connectivity index (χ3n) is 4.33. The second-order valence-electron chi connectivity index (χ2n) is 6.19. The fourth-order valence-electron chi connectivity index (χ4n) is 3.02. The van der Waals surface area contributed by atoms with Crippen LogP contribution in [-0.2, 0) is 6.54 Å². The molecule has 4 rings (SSSR count). The van der Waals surface area contributed by atoms with E-state index in [-0.39, 0.29) is 23.1 Å². The lowest BCUT2D eigenvalue weighted by molar-refractivity contribution is 0.0713. The van der Waals surface area contributed by atoms with Gasteiger partial charge in [-0.2, -0.15) is 5.10 Å². The summed E-state index contributed by atoms with van der Waals surface area (Å²) in [6.45, 7) is 3.15. The molecule has 1 saturated carbocycles. The van der Waals surface area contributed by atoms with Crippen LogP contribution in [0.2, 0.25) is 0 Å². The number of carbonyl (C=O) groups is 1. The fourth-order valence-corrected chi connectivity index (χ4v) is 3.02. The van der Waals surface area contributed by atoms with Gasteiger partial charge >= 0.3 is 0 Å². The average Bonchev–Trinajstić information content (AvgIpc) is 3.24. The van der Waals surface area contributed by atoms with E-state index in [0.717, 1.165) is 24.1 Å². The summed E-state index contributed by atoms with van der Waals surface area (Å²) >= 11 is 0. The molecule has 0 bridgehead atoms.